The summed E-state index contributed by atoms with van der Waals surface area (Å²) in [7, 11) is -3.37. The number of halogens is 1. The lowest BCUT2D eigenvalue weighted by Crippen LogP contribution is -2.38. The van der Waals surface area contributed by atoms with Crippen LogP contribution in [0.5, 0.6) is 0 Å². The zero-order chi connectivity index (χ0) is 20.4. The highest BCUT2D eigenvalue weighted by atomic mass is 32.2. The van der Waals surface area contributed by atoms with Gasteiger partial charge in [0.25, 0.3) is 0 Å². The number of amides is 1. The highest BCUT2D eigenvalue weighted by Gasteiger charge is 2.42. The molecule has 1 amide bonds. The van der Waals surface area contributed by atoms with Crippen LogP contribution in [-0.4, -0.2) is 20.1 Å². The molecule has 28 heavy (non-hydrogen) atoms. The first-order valence-corrected chi connectivity index (χ1v) is 11.1. The van der Waals surface area contributed by atoms with E-state index in [9.17, 15) is 17.6 Å². The number of rotatable bonds is 6. The van der Waals surface area contributed by atoms with Crippen molar-refractivity contribution in [2.45, 2.75) is 44.9 Å². The Labute approximate surface area is 165 Å². The lowest BCUT2D eigenvalue weighted by Gasteiger charge is -2.28. The van der Waals surface area contributed by atoms with E-state index in [1.807, 2.05) is 6.07 Å². The van der Waals surface area contributed by atoms with Crippen molar-refractivity contribution < 1.29 is 17.6 Å². The van der Waals surface area contributed by atoms with Gasteiger partial charge in [-0.1, -0.05) is 25.0 Å². The van der Waals surface area contributed by atoms with Crippen molar-refractivity contribution in [2.75, 3.05) is 15.8 Å². The number of carbonyl (C=O) groups is 1. The minimum atomic E-state index is -3.37. The van der Waals surface area contributed by atoms with Gasteiger partial charge in [0.15, 0.2) is 0 Å². The molecule has 1 aliphatic rings. The smallest absolute Gasteiger partial charge is 0.235 e. The van der Waals surface area contributed by atoms with Crippen LogP contribution in [0.15, 0.2) is 42.5 Å². The number of anilines is 2. The summed E-state index contributed by atoms with van der Waals surface area (Å²) in [6.45, 7) is 3.35. The molecule has 7 heteroatoms. The monoisotopic (exact) mass is 404 g/mol. The van der Waals surface area contributed by atoms with Crippen LogP contribution in [0, 0.1) is 12.7 Å². The van der Waals surface area contributed by atoms with E-state index in [2.05, 4.69) is 10.0 Å². The molecule has 0 aliphatic heterocycles. The molecule has 1 aliphatic carbocycles. The third-order valence-corrected chi connectivity index (χ3v) is 6.69. The Kier molecular flexibility index (Phi) is 5.74. The minimum Gasteiger partial charge on any atom is -0.325 e. The summed E-state index contributed by atoms with van der Waals surface area (Å²) in [5.41, 5.74) is 1.75. The van der Waals surface area contributed by atoms with E-state index >= 15 is 0 Å². The van der Waals surface area contributed by atoms with Crippen molar-refractivity contribution in [1.82, 2.24) is 0 Å². The highest BCUT2D eigenvalue weighted by molar-refractivity contribution is 7.92. The van der Waals surface area contributed by atoms with Gasteiger partial charge in [0.2, 0.25) is 15.9 Å². The van der Waals surface area contributed by atoms with Crippen molar-refractivity contribution in [3.05, 3.63) is 59.4 Å². The molecule has 0 heterocycles. The number of hydrogen-bond donors (Lipinski definition) is 2. The van der Waals surface area contributed by atoms with Gasteiger partial charge >= 0.3 is 0 Å². The number of sulfonamides is 1. The maximum absolute atomic E-state index is 13.8. The normalized spacial score (nSPS) is 16.0. The standard InChI is InChI=1S/C21H25FN2O3S/c1-3-28(26,27)24-19-10-9-18(13-15(19)2)23-20(25)21(11-4-5-12-21)16-7-6-8-17(22)14-16/h6-10,13-14,24H,3-5,11-12H2,1-2H3,(H,23,25). The Morgan fingerprint density at radius 1 is 1.14 bits per heavy atom. The quantitative estimate of drug-likeness (QED) is 0.752. The second-order valence-corrected chi connectivity index (χ2v) is 9.30. The first-order valence-electron chi connectivity index (χ1n) is 9.44. The Morgan fingerprint density at radius 2 is 1.86 bits per heavy atom. The van der Waals surface area contributed by atoms with Gasteiger partial charge < -0.3 is 5.32 Å². The van der Waals surface area contributed by atoms with Crippen molar-refractivity contribution in [1.29, 1.82) is 0 Å². The molecule has 0 spiro atoms. The predicted octanol–water partition coefficient (Wildman–Crippen LogP) is 4.35. The number of aryl methyl sites for hydroxylation is 1. The molecule has 0 saturated heterocycles. The Morgan fingerprint density at radius 3 is 2.46 bits per heavy atom. The molecule has 3 rings (SSSR count). The molecule has 2 aromatic carbocycles. The summed E-state index contributed by atoms with van der Waals surface area (Å²) in [6, 6.07) is 11.3. The Balaban J connectivity index is 1.84. The van der Waals surface area contributed by atoms with Crippen LogP contribution in [-0.2, 0) is 20.2 Å². The number of benzene rings is 2. The van der Waals surface area contributed by atoms with Crippen LogP contribution in [0.4, 0.5) is 15.8 Å². The molecule has 5 nitrogen and oxygen atoms in total. The summed E-state index contributed by atoms with van der Waals surface area (Å²) in [4.78, 5) is 13.2. The van der Waals surface area contributed by atoms with E-state index < -0.39 is 15.4 Å². The van der Waals surface area contributed by atoms with Gasteiger partial charge in [0.1, 0.15) is 5.82 Å². The van der Waals surface area contributed by atoms with Gasteiger partial charge in [-0.25, -0.2) is 12.8 Å². The van der Waals surface area contributed by atoms with Crippen LogP contribution in [0.1, 0.15) is 43.7 Å². The largest absolute Gasteiger partial charge is 0.325 e. The van der Waals surface area contributed by atoms with Crippen LogP contribution in [0.25, 0.3) is 0 Å². The van der Waals surface area contributed by atoms with Gasteiger partial charge in [-0.2, -0.15) is 0 Å². The SMILES string of the molecule is CCS(=O)(=O)Nc1ccc(NC(=O)C2(c3cccc(F)c3)CCCC2)cc1C. The first kappa shape index (κ1) is 20.3. The summed E-state index contributed by atoms with van der Waals surface area (Å²) in [5, 5.41) is 2.95. The molecule has 0 bridgehead atoms. The third-order valence-electron chi connectivity index (χ3n) is 5.40. The van der Waals surface area contributed by atoms with Crippen molar-refractivity contribution in [3.63, 3.8) is 0 Å². The van der Waals surface area contributed by atoms with E-state index in [-0.39, 0.29) is 17.5 Å². The molecule has 0 unspecified atom stereocenters. The molecule has 0 atom stereocenters. The molecule has 1 fully saturated rings. The molecule has 2 aromatic rings. The summed E-state index contributed by atoms with van der Waals surface area (Å²) in [6.07, 6.45) is 3.19. The maximum atomic E-state index is 13.8. The molecule has 1 saturated carbocycles. The molecular weight excluding hydrogens is 379 g/mol. The van der Waals surface area contributed by atoms with Gasteiger partial charge in [-0.15, -0.1) is 0 Å². The molecular formula is C21H25FN2O3S. The Hall–Kier alpha value is -2.41. The number of carbonyl (C=O) groups excluding carboxylic acids is 1. The van der Waals surface area contributed by atoms with Crippen LogP contribution < -0.4 is 10.0 Å². The van der Waals surface area contributed by atoms with E-state index in [0.29, 0.717) is 35.3 Å². The predicted molar refractivity (Wildman–Crippen MR) is 109 cm³/mol. The maximum Gasteiger partial charge on any atom is 0.235 e. The lowest BCUT2D eigenvalue weighted by atomic mass is 9.78. The van der Waals surface area contributed by atoms with Crippen LogP contribution in [0.3, 0.4) is 0 Å². The molecule has 2 N–H and O–H groups in total. The van der Waals surface area contributed by atoms with Crippen LogP contribution >= 0.6 is 0 Å². The Bertz CT molecular complexity index is 983. The summed E-state index contributed by atoms with van der Waals surface area (Å²) >= 11 is 0. The van der Waals surface area contributed by atoms with Gasteiger partial charge in [-0.05, 0) is 68.1 Å². The fourth-order valence-corrected chi connectivity index (χ4v) is 4.47. The fourth-order valence-electron chi connectivity index (χ4n) is 3.76. The van der Waals surface area contributed by atoms with Crippen LogP contribution in [0.2, 0.25) is 0 Å². The average molecular weight is 405 g/mol. The average Bonchev–Trinajstić information content (AvgIpc) is 3.15. The second-order valence-electron chi connectivity index (χ2n) is 7.29. The zero-order valence-electron chi connectivity index (χ0n) is 16.1. The van der Waals surface area contributed by atoms with Gasteiger partial charge in [-0.3, -0.25) is 9.52 Å². The van der Waals surface area contributed by atoms with Crippen molar-refractivity contribution >= 4 is 27.3 Å². The number of nitrogens with one attached hydrogen (secondary N) is 2. The van der Waals surface area contributed by atoms with E-state index in [1.54, 1.807) is 38.1 Å². The lowest BCUT2D eigenvalue weighted by molar-refractivity contribution is -0.121. The van der Waals surface area contributed by atoms with E-state index in [4.69, 9.17) is 0 Å². The molecule has 0 aromatic heterocycles. The second kappa shape index (κ2) is 7.91. The topological polar surface area (TPSA) is 75.3 Å². The zero-order valence-corrected chi connectivity index (χ0v) is 16.9. The minimum absolute atomic E-state index is 0.0128. The highest BCUT2D eigenvalue weighted by Crippen LogP contribution is 2.42. The van der Waals surface area contributed by atoms with Gasteiger partial charge in [0, 0.05) is 5.69 Å². The fraction of sp³-hybridized carbons (Fsp3) is 0.381. The third kappa shape index (κ3) is 4.19. The van der Waals surface area contributed by atoms with E-state index in [1.165, 1.54) is 12.1 Å². The summed E-state index contributed by atoms with van der Waals surface area (Å²) < 4.78 is 39.8. The van der Waals surface area contributed by atoms with E-state index in [0.717, 1.165) is 12.8 Å². The summed E-state index contributed by atoms with van der Waals surface area (Å²) in [5.74, 6) is -0.516. The molecule has 150 valence electrons. The first-order chi connectivity index (χ1) is 13.3. The van der Waals surface area contributed by atoms with Gasteiger partial charge in [0.05, 0.1) is 16.9 Å². The van der Waals surface area contributed by atoms with Crippen molar-refractivity contribution in [2.24, 2.45) is 0 Å². The molecule has 0 radical (unpaired) electrons. The van der Waals surface area contributed by atoms with Crippen molar-refractivity contribution in [3.8, 4) is 0 Å². The number of hydrogen-bond acceptors (Lipinski definition) is 3.